The molecule has 4 amide bonds. The third-order valence-electron chi connectivity index (χ3n) is 6.78. The van der Waals surface area contributed by atoms with Gasteiger partial charge in [0.2, 0.25) is 11.8 Å². The standard InChI is InChI=1S/C26H30N4O3/c31-23-26(13-6-21-8-15-27-16-9-21,14-7-22-10-17-28-18-11-22)24(32)30(25(33)29-23)19-12-20-4-2-1-3-5-20/h4,8-11,15-18H,1-3,5-7,12-14,19H2,(H,29,31,33). The number of amides is 4. The first kappa shape index (κ1) is 22.8. The average molecular weight is 447 g/mol. The molecule has 33 heavy (non-hydrogen) atoms. The molecule has 0 radical (unpaired) electrons. The van der Waals surface area contributed by atoms with Crippen molar-refractivity contribution in [1.29, 1.82) is 0 Å². The smallest absolute Gasteiger partial charge is 0.277 e. The van der Waals surface area contributed by atoms with Gasteiger partial charge >= 0.3 is 6.03 Å². The minimum absolute atomic E-state index is 0.302. The van der Waals surface area contributed by atoms with E-state index in [4.69, 9.17) is 0 Å². The van der Waals surface area contributed by atoms with Crippen molar-refractivity contribution >= 4 is 17.8 Å². The van der Waals surface area contributed by atoms with Crippen LogP contribution in [0.4, 0.5) is 4.79 Å². The zero-order valence-electron chi connectivity index (χ0n) is 18.8. The number of hydrogen-bond acceptors (Lipinski definition) is 5. The van der Waals surface area contributed by atoms with E-state index in [1.807, 2.05) is 24.3 Å². The van der Waals surface area contributed by atoms with E-state index < -0.39 is 17.4 Å². The minimum Gasteiger partial charge on any atom is -0.277 e. The minimum atomic E-state index is -1.29. The SMILES string of the molecule is O=C1NC(=O)C(CCc2ccncc2)(CCc2ccncc2)C(=O)N1CCC1=CCCCC1. The van der Waals surface area contributed by atoms with Crippen LogP contribution in [-0.2, 0) is 22.4 Å². The molecule has 1 fully saturated rings. The fourth-order valence-corrected chi connectivity index (χ4v) is 4.70. The summed E-state index contributed by atoms with van der Waals surface area (Å²) in [6.45, 7) is 0.302. The Labute approximate surface area is 194 Å². The predicted octanol–water partition coefficient (Wildman–Crippen LogP) is 4.00. The molecule has 172 valence electrons. The zero-order valence-corrected chi connectivity index (χ0v) is 18.8. The van der Waals surface area contributed by atoms with E-state index >= 15 is 0 Å². The number of pyridine rings is 2. The molecule has 2 aromatic rings. The molecular weight excluding hydrogens is 416 g/mol. The number of allylic oxidation sites excluding steroid dienone is 1. The summed E-state index contributed by atoms with van der Waals surface area (Å²) in [6.07, 6.45) is 15.9. The number of barbiturate groups is 1. The maximum Gasteiger partial charge on any atom is 0.330 e. The molecule has 1 N–H and O–H groups in total. The molecule has 0 atom stereocenters. The van der Waals surface area contributed by atoms with Crippen LogP contribution in [0.5, 0.6) is 0 Å². The zero-order chi connectivity index (χ0) is 23.1. The number of hydrogen-bond donors (Lipinski definition) is 1. The van der Waals surface area contributed by atoms with Gasteiger partial charge in [-0.15, -0.1) is 0 Å². The van der Waals surface area contributed by atoms with Crippen molar-refractivity contribution in [3.63, 3.8) is 0 Å². The normalized spacial score (nSPS) is 18.1. The van der Waals surface area contributed by atoms with Gasteiger partial charge in [0.1, 0.15) is 5.41 Å². The van der Waals surface area contributed by atoms with Crippen LogP contribution in [0, 0.1) is 5.41 Å². The Hall–Kier alpha value is -3.35. The van der Waals surface area contributed by atoms with Crippen molar-refractivity contribution in [2.45, 2.75) is 57.8 Å². The van der Waals surface area contributed by atoms with E-state index in [9.17, 15) is 14.4 Å². The quantitative estimate of drug-likeness (QED) is 0.464. The Balaban J connectivity index is 1.56. The van der Waals surface area contributed by atoms with Crippen molar-refractivity contribution in [3.8, 4) is 0 Å². The molecule has 2 aromatic heterocycles. The van der Waals surface area contributed by atoms with Crippen LogP contribution in [0.15, 0.2) is 60.7 Å². The summed E-state index contributed by atoms with van der Waals surface area (Å²) < 4.78 is 0. The second-order valence-electron chi connectivity index (χ2n) is 8.87. The van der Waals surface area contributed by atoms with Crippen LogP contribution in [-0.4, -0.2) is 39.3 Å². The lowest BCUT2D eigenvalue weighted by atomic mass is 9.74. The van der Waals surface area contributed by atoms with Gasteiger partial charge in [0.05, 0.1) is 0 Å². The highest BCUT2D eigenvalue weighted by Gasteiger charge is 2.52. The number of aryl methyl sites for hydroxylation is 2. The van der Waals surface area contributed by atoms with Gasteiger partial charge in [-0.05, 0) is 93.2 Å². The molecule has 0 aromatic carbocycles. The van der Waals surface area contributed by atoms with Gasteiger partial charge in [-0.3, -0.25) is 29.8 Å². The van der Waals surface area contributed by atoms with Crippen molar-refractivity contribution in [2.24, 2.45) is 5.41 Å². The summed E-state index contributed by atoms with van der Waals surface area (Å²) in [6, 6.07) is 6.95. The Kier molecular flexibility index (Phi) is 7.27. The summed E-state index contributed by atoms with van der Waals surface area (Å²) >= 11 is 0. The summed E-state index contributed by atoms with van der Waals surface area (Å²) in [5.74, 6) is -0.871. The van der Waals surface area contributed by atoms with Crippen molar-refractivity contribution < 1.29 is 14.4 Å². The van der Waals surface area contributed by atoms with Gasteiger partial charge in [0.25, 0.3) is 0 Å². The second-order valence-corrected chi connectivity index (χ2v) is 8.87. The third kappa shape index (κ3) is 5.35. The monoisotopic (exact) mass is 446 g/mol. The summed E-state index contributed by atoms with van der Waals surface area (Å²) in [5, 5.41) is 2.49. The Morgan fingerprint density at radius 2 is 1.45 bits per heavy atom. The summed E-state index contributed by atoms with van der Waals surface area (Å²) in [4.78, 5) is 49.0. The van der Waals surface area contributed by atoms with Gasteiger partial charge in [-0.1, -0.05) is 11.6 Å². The fraction of sp³-hybridized carbons (Fsp3) is 0.423. The maximum atomic E-state index is 13.8. The molecule has 7 nitrogen and oxygen atoms in total. The lowest BCUT2D eigenvalue weighted by Crippen LogP contribution is -2.64. The van der Waals surface area contributed by atoms with E-state index in [1.54, 1.807) is 24.8 Å². The number of aromatic nitrogens is 2. The molecule has 0 bridgehead atoms. The molecule has 7 heteroatoms. The molecule has 2 aliphatic rings. The Morgan fingerprint density at radius 3 is 2.00 bits per heavy atom. The van der Waals surface area contributed by atoms with E-state index in [0.717, 1.165) is 30.4 Å². The highest BCUT2D eigenvalue weighted by Crippen LogP contribution is 2.36. The second kappa shape index (κ2) is 10.5. The first-order valence-electron chi connectivity index (χ1n) is 11.7. The fourth-order valence-electron chi connectivity index (χ4n) is 4.70. The molecule has 0 unspecified atom stereocenters. The number of imide groups is 2. The van der Waals surface area contributed by atoms with Crippen LogP contribution < -0.4 is 5.32 Å². The van der Waals surface area contributed by atoms with Gasteiger partial charge in [-0.25, -0.2) is 4.79 Å². The van der Waals surface area contributed by atoms with Crippen LogP contribution in [0.2, 0.25) is 0 Å². The van der Waals surface area contributed by atoms with Crippen molar-refractivity contribution in [2.75, 3.05) is 6.54 Å². The molecule has 1 aliphatic heterocycles. The lowest BCUT2D eigenvalue weighted by molar-refractivity contribution is -0.152. The molecule has 4 rings (SSSR count). The van der Waals surface area contributed by atoms with E-state index in [1.165, 1.54) is 16.9 Å². The number of rotatable bonds is 9. The van der Waals surface area contributed by atoms with Gasteiger partial charge in [0, 0.05) is 31.3 Å². The first-order chi connectivity index (χ1) is 16.1. The van der Waals surface area contributed by atoms with Crippen molar-refractivity contribution in [3.05, 3.63) is 71.8 Å². The van der Waals surface area contributed by atoms with Gasteiger partial charge in [-0.2, -0.15) is 0 Å². The molecular formula is C26H30N4O3. The van der Waals surface area contributed by atoms with Crippen LogP contribution >= 0.6 is 0 Å². The molecule has 1 aliphatic carbocycles. The maximum absolute atomic E-state index is 13.8. The molecule has 0 saturated carbocycles. The number of nitrogens with zero attached hydrogens (tertiary/aromatic N) is 3. The van der Waals surface area contributed by atoms with Crippen molar-refractivity contribution in [1.82, 2.24) is 20.2 Å². The van der Waals surface area contributed by atoms with Crippen LogP contribution in [0.25, 0.3) is 0 Å². The highest BCUT2D eigenvalue weighted by atomic mass is 16.2. The Morgan fingerprint density at radius 1 is 0.848 bits per heavy atom. The van der Waals surface area contributed by atoms with E-state index in [0.29, 0.717) is 38.6 Å². The number of nitrogens with one attached hydrogen (secondary N) is 1. The Bertz CT molecular complexity index is 977. The molecule has 1 saturated heterocycles. The largest absolute Gasteiger partial charge is 0.330 e. The topological polar surface area (TPSA) is 92.3 Å². The number of carbonyl (C=O) groups is 3. The molecule has 3 heterocycles. The lowest BCUT2D eigenvalue weighted by Gasteiger charge is -2.39. The molecule has 0 spiro atoms. The first-order valence-corrected chi connectivity index (χ1v) is 11.7. The van der Waals surface area contributed by atoms with Gasteiger partial charge in [0.15, 0.2) is 0 Å². The van der Waals surface area contributed by atoms with Crippen LogP contribution in [0.3, 0.4) is 0 Å². The third-order valence-corrected chi connectivity index (χ3v) is 6.78. The number of carbonyl (C=O) groups excluding carboxylic acids is 3. The predicted molar refractivity (Wildman–Crippen MR) is 124 cm³/mol. The van der Waals surface area contributed by atoms with Crippen LogP contribution in [0.1, 0.15) is 56.1 Å². The van der Waals surface area contributed by atoms with E-state index in [-0.39, 0.29) is 5.91 Å². The highest BCUT2D eigenvalue weighted by molar-refractivity contribution is 6.19. The van der Waals surface area contributed by atoms with Gasteiger partial charge < -0.3 is 0 Å². The number of urea groups is 1. The van der Waals surface area contributed by atoms with E-state index in [2.05, 4.69) is 21.4 Å². The summed E-state index contributed by atoms with van der Waals surface area (Å²) in [5.41, 5.74) is 2.01. The average Bonchev–Trinajstić information content (AvgIpc) is 2.85. The summed E-state index contributed by atoms with van der Waals surface area (Å²) in [7, 11) is 0.